The van der Waals surface area contributed by atoms with E-state index in [0.29, 0.717) is 10.8 Å². The van der Waals surface area contributed by atoms with Crippen LogP contribution in [0, 0.1) is 0 Å². The van der Waals surface area contributed by atoms with Crippen LogP contribution in [0.3, 0.4) is 0 Å². The van der Waals surface area contributed by atoms with Crippen molar-refractivity contribution in [3.63, 3.8) is 0 Å². The molecule has 152 valence electrons. The lowest BCUT2D eigenvalue weighted by atomic mass is 9.77. The highest BCUT2D eigenvalue weighted by Gasteiger charge is 2.40. The van der Waals surface area contributed by atoms with Crippen molar-refractivity contribution in [2.24, 2.45) is 0 Å². The fraction of sp³-hybridized carbons (Fsp3) is 0.0769. The van der Waals surface area contributed by atoms with Gasteiger partial charge in [-0.1, -0.05) is 103 Å². The molecule has 0 aliphatic carbocycles. The van der Waals surface area contributed by atoms with Crippen LogP contribution in [0.1, 0.15) is 22.4 Å². The highest BCUT2D eigenvalue weighted by atomic mass is 35.5. The molecule has 0 saturated carbocycles. The SMILES string of the molecule is OCc1nn(C(c2ccccc2)(c2ccccc2)c2ccccc2)c2cc(Cl)ncc12. The fourth-order valence-electron chi connectivity index (χ4n) is 4.32. The van der Waals surface area contributed by atoms with Gasteiger partial charge in [-0.15, -0.1) is 0 Å². The predicted octanol–water partition coefficient (Wildman–Crippen LogP) is 5.42. The minimum absolute atomic E-state index is 0.193. The van der Waals surface area contributed by atoms with Gasteiger partial charge >= 0.3 is 0 Å². The fourth-order valence-corrected chi connectivity index (χ4v) is 4.48. The monoisotopic (exact) mass is 425 g/mol. The lowest BCUT2D eigenvalue weighted by molar-refractivity contribution is 0.275. The van der Waals surface area contributed by atoms with Crippen LogP contribution in [-0.4, -0.2) is 19.9 Å². The molecule has 0 fully saturated rings. The van der Waals surface area contributed by atoms with Gasteiger partial charge in [-0.25, -0.2) is 9.67 Å². The molecule has 0 atom stereocenters. The first-order chi connectivity index (χ1) is 15.2. The predicted molar refractivity (Wildman–Crippen MR) is 123 cm³/mol. The van der Waals surface area contributed by atoms with E-state index in [0.717, 1.165) is 27.6 Å². The summed E-state index contributed by atoms with van der Waals surface area (Å²) in [6.45, 7) is -0.193. The number of hydrogen-bond donors (Lipinski definition) is 1. The average molecular weight is 426 g/mol. The molecular weight excluding hydrogens is 406 g/mol. The summed E-state index contributed by atoms with van der Waals surface area (Å²) < 4.78 is 1.97. The van der Waals surface area contributed by atoms with E-state index in [4.69, 9.17) is 16.7 Å². The van der Waals surface area contributed by atoms with Crippen LogP contribution in [0.4, 0.5) is 0 Å². The van der Waals surface area contributed by atoms with Gasteiger partial charge < -0.3 is 5.11 Å². The maximum atomic E-state index is 10.1. The van der Waals surface area contributed by atoms with Crippen LogP contribution in [-0.2, 0) is 12.1 Å². The van der Waals surface area contributed by atoms with Gasteiger partial charge in [0, 0.05) is 17.6 Å². The van der Waals surface area contributed by atoms with Crippen LogP contribution in [0.2, 0.25) is 5.15 Å². The molecule has 2 heterocycles. The standard InChI is InChI=1S/C26H20ClN3O/c27-25-16-24-22(17-28-25)23(18-31)29-30(24)26(19-10-4-1-5-11-19,20-12-6-2-7-13-20)21-14-8-3-9-15-21/h1-17,31H,18H2. The van der Waals surface area contributed by atoms with Gasteiger partial charge in [-0.05, 0) is 16.7 Å². The second-order valence-corrected chi connectivity index (χ2v) is 7.74. The van der Waals surface area contributed by atoms with E-state index in [-0.39, 0.29) is 6.61 Å². The lowest BCUT2D eigenvalue weighted by Crippen LogP contribution is -2.38. The maximum Gasteiger partial charge on any atom is 0.138 e. The van der Waals surface area contributed by atoms with Gasteiger partial charge in [0.25, 0.3) is 0 Å². The van der Waals surface area contributed by atoms with Crippen molar-refractivity contribution in [1.29, 1.82) is 0 Å². The van der Waals surface area contributed by atoms with Crippen molar-refractivity contribution >= 4 is 22.5 Å². The molecule has 5 rings (SSSR count). The van der Waals surface area contributed by atoms with E-state index in [2.05, 4.69) is 41.4 Å². The zero-order chi connectivity index (χ0) is 21.3. The number of fused-ring (bicyclic) bond motifs is 1. The van der Waals surface area contributed by atoms with Gasteiger partial charge in [0.05, 0.1) is 17.8 Å². The first-order valence-electron chi connectivity index (χ1n) is 10.1. The molecule has 2 aromatic heterocycles. The summed E-state index contributed by atoms with van der Waals surface area (Å²) >= 11 is 6.32. The van der Waals surface area contributed by atoms with Gasteiger partial charge in [0.1, 0.15) is 10.7 Å². The molecule has 31 heavy (non-hydrogen) atoms. The molecule has 4 nitrogen and oxygen atoms in total. The molecule has 0 unspecified atom stereocenters. The smallest absolute Gasteiger partial charge is 0.138 e. The van der Waals surface area contributed by atoms with Crippen LogP contribution < -0.4 is 0 Å². The number of benzene rings is 3. The molecule has 0 bridgehead atoms. The van der Waals surface area contributed by atoms with Crippen LogP contribution >= 0.6 is 11.6 Å². The summed E-state index contributed by atoms with van der Waals surface area (Å²) in [5.41, 5.74) is 3.74. The van der Waals surface area contributed by atoms with E-state index in [1.165, 1.54) is 0 Å². The molecular formula is C26H20ClN3O. The first kappa shape index (κ1) is 19.5. The third-order valence-electron chi connectivity index (χ3n) is 5.65. The van der Waals surface area contributed by atoms with Crippen LogP contribution in [0.5, 0.6) is 0 Å². The molecule has 0 saturated heterocycles. The number of nitrogens with zero attached hydrogens (tertiary/aromatic N) is 3. The first-order valence-corrected chi connectivity index (χ1v) is 10.4. The molecule has 1 N–H and O–H groups in total. The number of aliphatic hydroxyl groups is 1. The molecule has 0 aliphatic rings. The lowest BCUT2D eigenvalue weighted by Gasteiger charge is -2.37. The Morgan fingerprint density at radius 1 is 0.774 bits per heavy atom. The maximum absolute atomic E-state index is 10.1. The Balaban J connectivity index is 1.99. The Labute approximate surface area is 185 Å². The number of halogens is 1. The Morgan fingerprint density at radius 3 is 1.71 bits per heavy atom. The largest absolute Gasteiger partial charge is 0.390 e. The highest BCUT2D eigenvalue weighted by Crippen LogP contribution is 2.42. The molecule has 0 amide bonds. The number of pyridine rings is 1. The molecule has 0 aliphatic heterocycles. The molecule has 5 heteroatoms. The summed E-state index contributed by atoms with van der Waals surface area (Å²) in [5.74, 6) is 0. The third-order valence-corrected chi connectivity index (χ3v) is 5.86. The summed E-state index contributed by atoms with van der Waals surface area (Å²) in [7, 11) is 0. The van der Waals surface area contributed by atoms with Crippen molar-refractivity contribution in [1.82, 2.24) is 14.8 Å². The molecule has 5 aromatic rings. The quantitative estimate of drug-likeness (QED) is 0.302. The topological polar surface area (TPSA) is 50.9 Å². The van der Waals surface area contributed by atoms with Gasteiger partial charge in [-0.2, -0.15) is 5.10 Å². The Hall–Kier alpha value is -3.47. The molecule has 3 aromatic carbocycles. The second-order valence-electron chi connectivity index (χ2n) is 7.35. The summed E-state index contributed by atoms with van der Waals surface area (Å²) in [6, 6.07) is 32.6. The number of hydrogen-bond acceptors (Lipinski definition) is 3. The van der Waals surface area contributed by atoms with E-state index < -0.39 is 5.54 Å². The van der Waals surface area contributed by atoms with E-state index in [9.17, 15) is 5.11 Å². The van der Waals surface area contributed by atoms with Crippen molar-refractivity contribution in [2.45, 2.75) is 12.1 Å². The van der Waals surface area contributed by atoms with Gasteiger partial charge in [0.2, 0.25) is 0 Å². The molecule has 0 spiro atoms. The Kier molecular flexibility index (Phi) is 5.02. The zero-order valence-electron chi connectivity index (χ0n) is 16.7. The van der Waals surface area contributed by atoms with Crippen molar-refractivity contribution in [3.05, 3.63) is 131 Å². The minimum atomic E-state index is -0.778. The normalized spacial score (nSPS) is 11.7. The van der Waals surface area contributed by atoms with E-state index in [1.807, 2.05) is 65.3 Å². The second kappa shape index (κ2) is 7.99. The third kappa shape index (κ3) is 3.12. The van der Waals surface area contributed by atoms with Crippen molar-refractivity contribution in [2.75, 3.05) is 0 Å². The number of aliphatic hydroxyl groups excluding tert-OH is 1. The highest BCUT2D eigenvalue weighted by molar-refractivity contribution is 6.30. The van der Waals surface area contributed by atoms with E-state index in [1.54, 1.807) is 6.20 Å². The summed E-state index contributed by atoms with van der Waals surface area (Å²) in [6.07, 6.45) is 1.68. The van der Waals surface area contributed by atoms with Crippen molar-refractivity contribution in [3.8, 4) is 0 Å². The number of aromatic nitrogens is 3. The number of rotatable bonds is 5. The van der Waals surface area contributed by atoms with Crippen LogP contribution in [0.25, 0.3) is 10.9 Å². The average Bonchev–Trinajstić information content (AvgIpc) is 3.20. The van der Waals surface area contributed by atoms with Crippen molar-refractivity contribution < 1.29 is 5.11 Å². The Morgan fingerprint density at radius 2 is 1.26 bits per heavy atom. The van der Waals surface area contributed by atoms with E-state index >= 15 is 0 Å². The minimum Gasteiger partial charge on any atom is -0.390 e. The Bertz CT molecular complexity index is 1220. The summed E-state index contributed by atoms with van der Waals surface area (Å²) in [4.78, 5) is 4.23. The zero-order valence-corrected chi connectivity index (χ0v) is 17.4. The van der Waals surface area contributed by atoms with Gasteiger partial charge in [-0.3, -0.25) is 0 Å². The van der Waals surface area contributed by atoms with Gasteiger partial charge in [0.15, 0.2) is 0 Å². The summed E-state index contributed by atoms with van der Waals surface area (Å²) in [5, 5.41) is 16.1. The van der Waals surface area contributed by atoms with Crippen LogP contribution in [0.15, 0.2) is 103 Å². The molecule has 0 radical (unpaired) electrons.